The SMILES string of the molecule is CCOP(=O)(CC1CC(C(=O)OC)N(C(=O)OC(C)(C)C)C1)OCC. The van der Waals surface area contributed by atoms with Crippen molar-refractivity contribution in [2.75, 3.05) is 33.0 Å². The van der Waals surface area contributed by atoms with Crippen molar-refractivity contribution < 1.29 is 32.7 Å². The van der Waals surface area contributed by atoms with E-state index < -0.39 is 31.3 Å². The van der Waals surface area contributed by atoms with Crippen LogP contribution < -0.4 is 0 Å². The third-order valence-electron chi connectivity index (χ3n) is 3.62. The predicted octanol–water partition coefficient (Wildman–Crippen LogP) is 3.05. The van der Waals surface area contributed by atoms with Crippen LogP contribution in [0.5, 0.6) is 0 Å². The first-order valence-corrected chi connectivity index (χ1v) is 10.2. The Morgan fingerprint density at radius 1 is 1.16 bits per heavy atom. The third-order valence-corrected chi connectivity index (χ3v) is 5.89. The zero-order valence-electron chi connectivity index (χ0n) is 15.9. The van der Waals surface area contributed by atoms with Gasteiger partial charge >= 0.3 is 19.7 Å². The number of carbonyl (C=O) groups excluding carboxylic acids is 2. The lowest BCUT2D eigenvalue weighted by Gasteiger charge is -2.27. The number of hydrogen-bond acceptors (Lipinski definition) is 7. The molecule has 9 heteroatoms. The van der Waals surface area contributed by atoms with Gasteiger partial charge in [-0.25, -0.2) is 9.59 Å². The van der Waals surface area contributed by atoms with E-state index in [0.29, 0.717) is 6.42 Å². The molecule has 25 heavy (non-hydrogen) atoms. The van der Waals surface area contributed by atoms with Crippen molar-refractivity contribution in [3.8, 4) is 0 Å². The van der Waals surface area contributed by atoms with Gasteiger partial charge in [0, 0.05) is 6.54 Å². The van der Waals surface area contributed by atoms with E-state index in [-0.39, 0.29) is 31.8 Å². The second kappa shape index (κ2) is 9.01. The molecule has 0 spiro atoms. The second-order valence-electron chi connectivity index (χ2n) is 6.90. The Morgan fingerprint density at radius 2 is 1.72 bits per heavy atom. The van der Waals surface area contributed by atoms with Gasteiger partial charge in [-0.05, 0) is 47.0 Å². The summed E-state index contributed by atoms with van der Waals surface area (Å²) in [5.41, 5.74) is -0.679. The van der Waals surface area contributed by atoms with Gasteiger partial charge < -0.3 is 18.5 Å². The van der Waals surface area contributed by atoms with Crippen LogP contribution in [0.2, 0.25) is 0 Å². The monoisotopic (exact) mass is 379 g/mol. The highest BCUT2D eigenvalue weighted by molar-refractivity contribution is 7.53. The zero-order valence-corrected chi connectivity index (χ0v) is 16.8. The van der Waals surface area contributed by atoms with Crippen molar-refractivity contribution >= 4 is 19.7 Å². The van der Waals surface area contributed by atoms with Gasteiger partial charge in [0.25, 0.3) is 0 Å². The van der Waals surface area contributed by atoms with Crippen molar-refractivity contribution in [1.29, 1.82) is 0 Å². The number of likely N-dealkylation sites (tertiary alicyclic amines) is 1. The molecule has 1 rings (SSSR count). The number of nitrogens with zero attached hydrogens (tertiary/aromatic N) is 1. The van der Waals surface area contributed by atoms with E-state index in [9.17, 15) is 14.2 Å². The quantitative estimate of drug-likeness (QED) is 0.496. The third kappa shape index (κ3) is 6.60. The number of carbonyl (C=O) groups is 2. The van der Waals surface area contributed by atoms with E-state index in [4.69, 9.17) is 18.5 Å². The molecule has 146 valence electrons. The predicted molar refractivity (Wildman–Crippen MR) is 92.6 cm³/mol. The van der Waals surface area contributed by atoms with Crippen LogP contribution in [0.15, 0.2) is 0 Å². The molecule has 0 N–H and O–H groups in total. The molecule has 0 aromatic heterocycles. The van der Waals surface area contributed by atoms with Crippen LogP contribution in [0.3, 0.4) is 0 Å². The normalized spacial score (nSPS) is 21.3. The van der Waals surface area contributed by atoms with Crippen LogP contribution in [0, 0.1) is 5.92 Å². The van der Waals surface area contributed by atoms with Gasteiger partial charge in [0.1, 0.15) is 11.6 Å². The molecule has 2 unspecified atom stereocenters. The Balaban J connectivity index is 2.90. The number of esters is 1. The molecule has 0 aromatic carbocycles. The van der Waals surface area contributed by atoms with Gasteiger partial charge in [0.15, 0.2) is 0 Å². The van der Waals surface area contributed by atoms with E-state index >= 15 is 0 Å². The van der Waals surface area contributed by atoms with Gasteiger partial charge in [-0.1, -0.05) is 0 Å². The molecular weight excluding hydrogens is 349 g/mol. The first kappa shape index (κ1) is 21.9. The van der Waals surface area contributed by atoms with Crippen molar-refractivity contribution in [3.05, 3.63) is 0 Å². The standard InChI is InChI=1S/C16H30NO7P/c1-7-22-25(20,23-8-2)11-12-9-13(14(18)21-6)17(10-12)15(19)24-16(3,4)5/h12-13H,7-11H2,1-6H3. The number of amides is 1. The van der Waals surface area contributed by atoms with E-state index in [1.807, 2.05) is 0 Å². The van der Waals surface area contributed by atoms with Crippen molar-refractivity contribution in [1.82, 2.24) is 4.90 Å². The van der Waals surface area contributed by atoms with Crippen LogP contribution in [0.25, 0.3) is 0 Å². The highest BCUT2D eigenvalue weighted by atomic mass is 31.2. The van der Waals surface area contributed by atoms with E-state index in [2.05, 4.69) is 0 Å². The maximum Gasteiger partial charge on any atom is 0.411 e. The average molecular weight is 379 g/mol. The lowest BCUT2D eigenvalue weighted by atomic mass is 10.1. The lowest BCUT2D eigenvalue weighted by molar-refractivity contribution is -0.145. The zero-order chi connectivity index (χ0) is 19.3. The molecule has 0 saturated carbocycles. The minimum Gasteiger partial charge on any atom is -0.467 e. The van der Waals surface area contributed by atoms with Crippen molar-refractivity contribution in [2.24, 2.45) is 5.92 Å². The first-order chi connectivity index (χ1) is 11.5. The minimum absolute atomic E-state index is 0.140. The summed E-state index contributed by atoms with van der Waals surface area (Å²) < 4.78 is 33.5. The van der Waals surface area contributed by atoms with Crippen molar-refractivity contribution in [3.63, 3.8) is 0 Å². The maximum atomic E-state index is 12.7. The fourth-order valence-electron chi connectivity index (χ4n) is 2.79. The molecular formula is C16H30NO7P. The Bertz CT molecular complexity index is 507. The molecule has 1 fully saturated rings. The lowest BCUT2D eigenvalue weighted by Crippen LogP contribution is -2.43. The fraction of sp³-hybridized carbons (Fsp3) is 0.875. The highest BCUT2D eigenvalue weighted by Crippen LogP contribution is 2.51. The van der Waals surface area contributed by atoms with Crippen LogP contribution in [0.1, 0.15) is 41.0 Å². The second-order valence-corrected chi connectivity index (χ2v) is 9.01. The van der Waals surface area contributed by atoms with Gasteiger partial charge in [0.2, 0.25) is 0 Å². The Labute approximate surface area is 149 Å². The number of hydrogen-bond donors (Lipinski definition) is 0. The summed E-state index contributed by atoms with van der Waals surface area (Å²) in [6.07, 6.45) is -0.120. The molecule has 1 amide bonds. The number of ether oxygens (including phenoxy) is 2. The molecule has 1 saturated heterocycles. The Morgan fingerprint density at radius 3 is 2.16 bits per heavy atom. The number of rotatable bonds is 7. The molecule has 2 atom stereocenters. The summed E-state index contributed by atoms with van der Waals surface area (Å²) in [5, 5.41) is 0. The van der Waals surface area contributed by atoms with E-state index in [1.54, 1.807) is 34.6 Å². The van der Waals surface area contributed by atoms with Gasteiger partial charge in [0.05, 0.1) is 26.5 Å². The summed E-state index contributed by atoms with van der Waals surface area (Å²) in [6, 6.07) is -0.762. The van der Waals surface area contributed by atoms with Gasteiger partial charge in [-0.2, -0.15) is 0 Å². The number of methoxy groups -OCH3 is 1. The summed E-state index contributed by atoms with van der Waals surface area (Å²) in [4.78, 5) is 25.8. The van der Waals surface area contributed by atoms with E-state index in [0.717, 1.165) is 0 Å². The van der Waals surface area contributed by atoms with Crippen LogP contribution in [0.4, 0.5) is 4.79 Å². The van der Waals surface area contributed by atoms with Crippen molar-refractivity contribution in [2.45, 2.75) is 52.7 Å². The molecule has 0 aliphatic carbocycles. The molecule has 8 nitrogen and oxygen atoms in total. The largest absolute Gasteiger partial charge is 0.467 e. The molecule has 0 aromatic rings. The fourth-order valence-corrected chi connectivity index (χ4v) is 4.76. The van der Waals surface area contributed by atoms with Gasteiger partial charge in [-0.15, -0.1) is 0 Å². The Hall–Kier alpha value is -1.11. The summed E-state index contributed by atoms with van der Waals surface area (Å²) >= 11 is 0. The Kier molecular flexibility index (Phi) is 7.90. The molecule has 1 aliphatic rings. The summed E-state index contributed by atoms with van der Waals surface area (Å²) in [6.45, 7) is 9.51. The highest BCUT2D eigenvalue weighted by Gasteiger charge is 2.44. The maximum absolute atomic E-state index is 12.7. The van der Waals surface area contributed by atoms with Crippen LogP contribution >= 0.6 is 7.60 Å². The molecule has 1 aliphatic heterocycles. The summed E-state index contributed by atoms with van der Waals surface area (Å²) in [5.74, 6) is -0.725. The molecule has 0 bridgehead atoms. The first-order valence-electron chi connectivity index (χ1n) is 8.50. The van der Waals surface area contributed by atoms with Gasteiger partial charge in [-0.3, -0.25) is 9.46 Å². The summed E-state index contributed by atoms with van der Waals surface area (Å²) in [7, 11) is -1.99. The smallest absolute Gasteiger partial charge is 0.411 e. The minimum atomic E-state index is -3.26. The molecule has 0 radical (unpaired) electrons. The molecule has 1 heterocycles. The van der Waals surface area contributed by atoms with Crippen LogP contribution in [-0.2, 0) is 27.9 Å². The average Bonchev–Trinajstić information content (AvgIpc) is 2.88. The topological polar surface area (TPSA) is 91.4 Å². The van der Waals surface area contributed by atoms with Crippen LogP contribution in [-0.4, -0.2) is 61.6 Å². The van der Waals surface area contributed by atoms with E-state index in [1.165, 1.54) is 12.0 Å².